The van der Waals surface area contributed by atoms with Crippen molar-refractivity contribution in [3.05, 3.63) is 39.7 Å². The van der Waals surface area contributed by atoms with Crippen molar-refractivity contribution in [1.29, 1.82) is 0 Å². The minimum absolute atomic E-state index is 0.159. The predicted molar refractivity (Wildman–Crippen MR) is 85.6 cm³/mol. The smallest absolute Gasteiger partial charge is 0.304 e. The molecule has 2 aromatic rings. The molecule has 1 aromatic heterocycles. The van der Waals surface area contributed by atoms with Crippen molar-refractivity contribution in [2.75, 3.05) is 13.6 Å². The number of nitrogens with zero attached hydrogens (tertiary/aromatic N) is 2. The van der Waals surface area contributed by atoms with Crippen molar-refractivity contribution < 1.29 is 9.90 Å². The monoisotopic (exact) mass is 304 g/mol. The van der Waals surface area contributed by atoms with Gasteiger partial charge in [-0.1, -0.05) is 12.1 Å². The lowest BCUT2D eigenvalue weighted by molar-refractivity contribution is -0.137. The van der Waals surface area contributed by atoms with Gasteiger partial charge in [-0.05, 0) is 38.1 Å². The van der Waals surface area contributed by atoms with E-state index in [-0.39, 0.29) is 6.42 Å². The van der Waals surface area contributed by atoms with E-state index in [1.165, 1.54) is 11.1 Å². The van der Waals surface area contributed by atoms with Crippen LogP contribution in [-0.2, 0) is 11.3 Å². The topological polar surface area (TPSA) is 53.4 Å². The number of carbonyl (C=O) groups is 1. The Bertz CT molecular complexity index is 637. The van der Waals surface area contributed by atoms with Crippen LogP contribution in [0.5, 0.6) is 0 Å². The molecule has 5 heteroatoms. The standard InChI is InChI=1S/C16H20N2O2S/c1-11-4-5-13(8-12(11)2)14-10-21-15(17-14)9-18(3)7-6-16(19)20/h4-5,8,10H,6-7,9H2,1-3H3,(H,19,20). The van der Waals surface area contributed by atoms with Gasteiger partial charge in [-0.2, -0.15) is 0 Å². The van der Waals surface area contributed by atoms with Gasteiger partial charge in [0, 0.05) is 17.5 Å². The Morgan fingerprint density at radius 3 is 2.76 bits per heavy atom. The van der Waals surface area contributed by atoms with Crippen molar-refractivity contribution in [2.24, 2.45) is 0 Å². The number of aromatic nitrogens is 1. The maximum atomic E-state index is 10.6. The lowest BCUT2D eigenvalue weighted by Crippen LogP contribution is -2.21. The van der Waals surface area contributed by atoms with E-state index in [2.05, 4.69) is 42.4 Å². The van der Waals surface area contributed by atoms with Crippen LogP contribution < -0.4 is 0 Å². The second kappa shape index (κ2) is 6.83. The first-order valence-electron chi connectivity index (χ1n) is 6.88. The first-order valence-corrected chi connectivity index (χ1v) is 7.76. The fraction of sp³-hybridized carbons (Fsp3) is 0.375. The lowest BCUT2D eigenvalue weighted by atomic mass is 10.1. The Morgan fingerprint density at radius 2 is 2.10 bits per heavy atom. The van der Waals surface area contributed by atoms with Crippen LogP contribution in [0.2, 0.25) is 0 Å². The zero-order valence-electron chi connectivity index (χ0n) is 12.6. The third kappa shape index (κ3) is 4.37. The summed E-state index contributed by atoms with van der Waals surface area (Å²) in [5.41, 5.74) is 4.67. The summed E-state index contributed by atoms with van der Waals surface area (Å²) in [5, 5.41) is 11.8. The molecule has 0 radical (unpaired) electrons. The highest BCUT2D eigenvalue weighted by Crippen LogP contribution is 2.24. The molecule has 21 heavy (non-hydrogen) atoms. The third-order valence-corrected chi connectivity index (χ3v) is 4.30. The van der Waals surface area contributed by atoms with Crippen molar-refractivity contribution >= 4 is 17.3 Å². The molecule has 0 unspecified atom stereocenters. The van der Waals surface area contributed by atoms with E-state index < -0.39 is 5.97 Å². The minimum Gasteiger partial charge on any atom is -0.481 e. The van der Waals surface area contributed by atoms with E-state index in [1.54, 1.807) is 11.3 Å². The molecule has 1 aromatic carbocycles. The van der Waals surface area contributed by atoms with E-state index in [4.69, 9.17) is 5.11 Å². The maximum Gasteiger partial charge on any atom is 0.304 e. The number of hydrogen-bond donors (Lipinski definition) is 1. The summed E-state index contributed by atoms with van der Waals surface area (Å²) in [7, 11) is 1.92. The van der Waals surface area contributed by atoms with Crippen LogP contribution in [-0.4, -0.2) is 34.6 Å². The highest BCUT2D eigenvalue weighted by molar-refractivity contribution is 7.09. The Balaban J connectivity index is 2.04. The van der Waals surface area contributed by atoms with Gasteiger partial charge < -0.3 is 5.11 Å². The first-order chi connectivity index (χ1) is 9.95. The quantitative estimate of drug-likeness (QED) is 0.889. The van der Waals surface area contributed by atoms with Crippen LogP contribution in [0.1, 0.15) is 22.6 Å². The van der Waals surface area contributed by atoms with Gasteiger partial charge in [-0.3, -0.25) is 9.69 Å². The molecule has 0 amide bonds. The molecular formula is C16H20N2O2S. The molecule has 1 N–H and O–H groups in total. The summed E-state index contributed by atoms with van der Waals surface area (Å²) in [5.74, 6) is -0.767. The highest BCUT2D eigenvalue weighted by Gasteiger charge is 2.09. The van der Waals surface area contributed by atoms with Gasteiger partial charge in [0.15, 0.2) is 0 Å². The summed E-state index contributed by atoms with van der Waals surface area (Å²) >= 11 is 1.62. The normalized spacial score (nSPS) is 11.0. The number of carboxylic acids is 1. The molecule has 0 saturated carbocycles. The molecular weight excluding hydrogens is 284 g/mol. The summed E-state index contributed by atoms with van der Waals surface area (Å²) < 4.78 is 0. The van der Waals surface area contributed by atoms with Crippen LogP contribution in [0.3, 0.4) is 0 Å². The molecule has 4 nitrogen and oxygen atoms in total. The zero-order chi connectivity index (χ0) is 15.4. The van der Waals surface area contributed by atoms with Gasteiger partial charge in [-0.15, -0.1) is 11.3 Å². The first kappa shape index (κ1) is 15.7. The van der Waals surface area contributed by atoms with E-state index >= 15 is 0 Å². The summed E-state index contributed by atoms with van der Waals surface area (Å²) in [6.45, 7) is 5.42. The van der Waals surface area contributed by atoms with Crippen molar-refractivity contribution in [2.45, 2.75) is 26.8 Å². The Kier molecular flexibility index (Phi) is 5.09. The Labute approximate surface area is 129 Å². The fourth-order valence-electron chi connectivity index (χ4n) is 2.01. The molecule has 0 bridgehead atoms. The molecule has 0 spiro atoms. The average molecular weight is 304 g/mol. The molecule has 2 rings (SSSR count). The maximum absolute atomic E-state index is 10.6. The predicted octanol–water partition coefficient (Wildman–Crippen LogP) is 3.33. The number of carboxylic acid groups (broad SMARTS) is 1. The van der Waals surface area contributed by atoms with Crippen LogP contribution in [0.25, 0.3) is 11.3 Å². The number of benzene rings is 1. The molecule has 0 fully saturated rings. The van der Waals surface area contributed by atoms with Gasteiger partial charge in [-0.25, -0.2) is 4.98 Å². The number of hydrogen-bond acceptors (Lipinski definition) is 4. The van der Waals surface area contributed by atoms with Gasteiger partial charge in [0.05, 0.1) is 18.7 Å². The third-order valence-electron chi connectivity index (χ3n) is 3.47. The second-order valence-electron chi connectivity index (χ2n) is 5.31. The Morgan fingerprint density at radius 1 is 1.33 bits per heavy atom. The molecule has 1 heterocycles. The molecule has 112 valence electrons. The summed E-state index contributed by atoms with van der Waals surface area (Å²) in [6, 6.07) is 6.36. The summed E-state index contributed by atoms with van der Waals surface area (Å²) in [4.78, 5) is 17.2. The minimum atomic E-state index is -0.767. The number of aryl methyl sites for hydroxylation is 2. The van der Waals surface area contributed by atoms with E-state index in [0.29, 0.717) is 13.1 Å². The number of thiazole rings is 1. The number of rotatable bonds is 6. The largest absolute Gasteiger partial charge is 0.481 e. The van der Waals surface area contributed by atoms with Gasteiger partial charge in [0.1, 0.15) is 5.01 Å². The molecule has 0 aliphatic rings. The summed E-state index contributed by atoms with van der Waals surface area (Å²) in [6.07, 6.45) is 0.159. The van der Waals surface area contributed by atoms with Crippen LogP contribution in [0.4, 0.5) is 0 Å². The molecule has 0 atom stereocenters. The van der Waals surface area contributed by atoms with E-state index in [0.717, 1.165) is 16.3 Å². The Hall–Kier alpha value is -1.72. The fourth-order valence-corrected chi connectivity index (χ4v) is 2.90. The van der Waals surface area contributed by atoms with E-state index in [1.807, 2.05) is 11.9 Å². The van der Waals surface area contributed by atoms with Crippen molar-refractivity contribution in [3.8, 4) is 11.3 Å². The molecule has 0 aliphatic heterocycles. The van der Waals surface area contributed by atoms with E-state index in [9.17, 15) is 4.79 Å². The molecule has 0 saturated heterocycles. The second-order valence-corrected chi connectivity index (χ2v) is 6.25. The van der Waals surface area contributed by atoms with Crippen LogP contribution in [0, 0.1) is 13.8 Å². The highest BCUT2D eigenvalue weighted by atomic mass is 32.1. The zero-order valence-corrected chi connectivity index (χ0v) is 13.4. The van der Waals surface area contributed by atoms with Crippen molar-refractivity contribution in [3.63, 3.8) is 0 Å². The number of aliphatic carboxylic acids is 1. The van der Waals surface area contributed by atoms with Crippen LogP contribution in [0.15, 0.2) is 23.6 Å². The lowest BCUT2D eigenvalue weighted by Gasteiger charge is -2.12. The van der Waals surface area contributed by atoms with Gasteiger partial charge in [0.2, 0.25) is 0 Å². The SMILES string of the molecule is Cc1ccc(-c2csc(CN(C)CCC(=O)O)n2)cc1C. The van der Waals surface area contributed by atoms with Gasteiger partial charge >= 0.3 is 5.97 Å². The van der Waals surface area contributed by atoms with Crippen molar-refractivity contribution in [1.82, 2.24) is 9.88 Å². The molecule has 0 aliphatic carbocycles. The van der Waals surface area contributed by atoms with Crippen LogP contribution >= 0.6 is 11.3 Å². The average Bonchev–Trinajstić information content (AvgIpc) is 2.88. The van der Waals surface area contributed by atoms with Gasteiger partial charge in [0.25, 0.3) is 0 Å².